The first-order valence-corrected chi connectivity index (χ1v) is 16.5. The van der Waals surface area contributed by atoms with Crippen molar-refractivity contribution in [3.63, 3.8) is 0 Å². The lowest BCUT2D eigenvalue weighted by Crippen LogP contribution is -2.36. The summed E-state index contributed by atoms with van der Waals surface area (Å²) in [7, 11) is 1.62. The standard InChI is InChI=1S/C35H52N2O5/c1-5-6-11-28-22-37-32(41-28)35(18-19-35)31(42-33(40)36-4)12-7-10-26-15-16-29-24(9-8-17-34(26,29)3)13-14-25-20-27(38)21-30(39)23(25)2/h13-14,22,26-27,29-31,38-39H,2,5-12,15-21H2,1,3-4H3,(H,36,40)/b24-13+,25-14-/t26?,27-,29?,30+,31?,34?/m1/s1. The zero-order chi connectivity index (χ0) is 29.9. The number of nitrogens with one attached hydrogen (secondary N) is 1. The van der Waals surface area contributed by atoms with Gasteiger partial charge >= 0.3 is 6.09 Å². The van der Waals surface area contributed by atoms with Crippen LogP contribution in [-0.4, -0.2) is 46.6 Å². The van der Waals surface area contributed by atoms with Crippen LogP contribution in [0.15, 0.2) is 46.1 Å². The van der Waals surface area contributed by atoms with Crippen molar-refractivity contribution in [2.75, 3.05) is 7.05 Å². The topological polar surface area (TPSA) is 105 Å². The molecule has 5 rings (SSSR count). The van der Waals surface area contributed by atoms with Gasteiger partial charge in [0.25, 0.3) is 0 Å². The van der Waals surface area contributed by atoms with Crippen LogP contribution in [0.2, 0.25) is 0 Å². The first-order valence-electron chi connectivity index (χ1n) is 16.5. The first kappa shape index (κ1) is 31.1. The molecule has 4 unspecified atom stereocenters. The van der Waals surface area contributed by atoms with E-state index in [4.69, 9.17) is 9.15 Å². The summed E-state index contributed by atoms with van der Waals surface area (Å²) in [5, 5.41) is 23.1. The zero-order valence-corrected chi connectivity index (χ0v) is 26.0. The fraction of sp³-hybridized carbons (Fsp3) is 0.714. The van der Waals surface area contributed by atoms with Gasteiger partial charge < -0.3 is 24.7 Å². The van der Waals surface area contributed by atoms with Gasteiger partial charge in [-0.3, -0.25) is 0 Å². The van der Waals surface area contributed by atoms with Crippen molar-refractivity contribution in [3.05, 3.63) is 53.3 Å². The minimum absolute atomic E-state index is 0.233. The van der Waals surface area contributed by atoms with Crippen LogP contribution in [0.5, 0.6) is 0 Å². The van der Waals surface area contributed by atoms with E-state index < -0.39 is 12.2 Å². The second-order valence-corrected chi connectivity index (χ2v) is 13.7. The molecule has 0 aliphatic heterocycles. The maximum Gasteiger partial charge on any atom is 0.407 e. The van der Waals surface area contributed by atoms with Crippen LogP contribution in [0, 0.1) is 17.3 Å². The van der Waals surface area contributed by atoms with E-state index in [0.29, 0.717) is 24.7 Å². The number of aromatic nitrogens is 1. The molecule has 0 saturated heterocycles. The number of amides is 1. The highest BCUT2D eigenvalue weighted by atomic mass is 16.6. The lowest BCUT2D eigenvalue weighted by Gasteiger charge is -2.42. The number of carbonyl (C=O) groups is 1. The van der Waals surface area contributed by atoms with E-state index in [1.807, 2.05) is 6.20 Å². The molecule has 1 heterocycles. The fourth-order valence-corrected chi connectivity index (χ4v) is 8.28. The monoisotopic (exact) mass is 580 g/mol. The fourth-order valence-electron chi connectivity index (χ4n) is 8.28. The van der Waals surface area contributed by atoms with Gasteiger partial charge in [0.15, 0.2) is 0 Å². The molecule has 0 radical (unpaired) electrons. The highest BCUT2D eigenvalue weighted by Gasteiger charge is 2.57. The maximum absolute atomic E-state index is 12.4. The Balaban J connectivity index is 1.24. The molecule has 4 fully saturated rings. The van der Waals surface area contributed by atoms with Crippen molar-refractivity contribution in [2.45, 2.75) is 134 Å². The van der Waals surface area contributed by atoms with Crippen LogP contribution < -0.4 is 5.32 Å². The Hall–Kier alpha value is -2.38. The lowest BCUT2D eigenvalue weighted by molar-refractivity contribution is 0.0576. The molecule has 4 saturated carbocycles. The number of hydrogen-bond acceptors (Lipinski definition) is 6. The van der Waals surface area contributed by atoms with Crippen LogP contribution in [0.1, 0.15) is 115 Å². The van der Waals surface area contributed by atoms with E-state index in [9.17, 15) is 15.0 Å². The Kier molecular flexibility index (Phi) is 9.68. The van der Waals surface area contributed by atoms with Crippen LogP contribution in [0.4, 0.5) is 4.79 Å². The quantitative estimate of drug-likeness (QED) is 0.258. The van der Waals surface area contributed by atoms with Crippen LogP contribution in [-0.2, 0) is 16.6 Å². The second kappa shape index (κ2) is 13.1. The molecule has 0 bridgehead atoms. The molecule has 0 aromatic carbocycles. The van der Waals surface area contributed by atoms with Crippen LogP contribution in [0.3, 0.4) is 0 Å². The van der Waals surface area contributed by atoms with E-state index in [1.165, 1.54) is 31.3 Å². The highest BCUT2D eigenvalue weighted by Crippen LogP contribution is 2.59. The maximum atomic E-state index is 12.4. The van der Waals surface area contributed by atoms with Gasteiger partial charge in [-0.15, -0.1) is 0 Å². The van der Waals surface area contributed by atoms with Crippen molar-refractivity contribution in [3.8, 4) is 0 Å². The first-order chi connectivity index (χ1) is 20.2. The van der Waals surface area contributed by atoms with E-state index in [-0.39, 0.29) is 23.0 Å². The predicted octanol–water partition coefficient (Wildman–Crippen LogP) is 7.08. The molecule has 7 nitrogen and oxygen atoms in total. The summed E-state index contributed by atoms with van der Waals surface area (Å²) in [6.07, 6.45) is 19.4. The second-order valence-electron chi connectivity index (χ2n) is 13.7. The van der Waals surface area contributed by atoms with Gasteiger partial charge in [0.2, 0.25) is 5.89 Å². The van der Waals surface area contributed by atoms with E-state index in [1.54, 1.807) is 7.05 Å². The van der Waals surface area contributed by atoms with Gasteiger partial charge in [-0.25, -0.2) is 9.78 Å². The molecule has 3 N–H and O–H groups in total. The number of aryl methyl sites for hydroxylation is 1. The number of unbranched alkanes of at least 4 members (excludes halogenated alkanes) is 1. The minimum atomic E-state index is -0.649. The molecule has 0 spiro atoms. The molecular weight excluding hydrogens is 528 g/mol. The Morgan fingerprint density at radius 2 is 2.07 bits per heavy atom. The van der Waals surface area contributed by atoms with Gasteiger partial charge in [0.05, 0.1) is 23.8 Å². The summed E-state index contributed by atoms with van der Waals surface area (Å²) in [5.74, 6) is 2.89. The Labute approximate surface area is 251 Å². The number of rotatable bonds is 11. The lowest BCUT2D eigenvalue weighted by atomic mass is 9.62. The number of ether oxygens (including phenoxy) is 1. The predicted molar refractivity (Wildman–Crippen MR) is 164 cm³/mol. The Morgan fingerprint density at radius 3 is 2.81 bits per heavy atom. The molecule has 7 heteroatoms. The molecule has 232 valence electrons. The van der Waals surface area contributed by atoms with E-state index in [0.717, 1.165) is 80.6 Å². The van der Waals surface area contributed by atoms with Crippen molar-refractivity contribution in [1.82, 2.24) is 10.3 Å². The molecule has 1 aromatic rings. The molecule has 1 aromatic heterocycles. The van der Waals surface area contributed by atoms with Crippen LogP contribution in [0.25, 0.3) is 0 Å². The number of aliphatic hydroxyl groups excluding tert-OH is 2. The van der Waals surface area contributed by atoms with Crippen molar-refractivity contribution < 1.29 is 24.2 Å². The number of carbonyl (C=O) groups excluding carboxylic acids is 1. The third-order valence-corrected chi connectivity index (χ3v) is 11.1. The largest absolute Gasteiger partial charge is 0.445 e. The Bertz CT molecular complexity index is 1180. The zero-order valence-electron chi connectivity index (χ0n) is 26.0. The van der Waals surface area contributed by atoms with Crippen molar-refractivity contribution >= 4 is 6.09 Å². The normalized spacial score (nSPS) is 33.0. The third kappa shape index (κ3) is 6.42. The Morgan fingerprint density at radius 1 is 1.26 bits per heavy atom. The molecule has 4 aliphatic rings. The summed E-state index contributed by atoms with van der Waals surface area (Å²) in [5.41, 5.74) is 3.23. The van der Waals surface area contributed by atoms with Gasteiger partial charge in [-0.05, 0) is 105 Å². The average molecular weight is 581 g/mol. The summed E-state index contributed by atoms with van der Waals surface area (Å²) >= 11 is 0. The molecular formula is C35H52N2O5. The average Bonchev–Trinajstić information content (AvgIpc) is 3.51. The summed E-state index contributed by atoms with van der Waals surface area (Å²) < 4.78 is 12.2. The SMILES string of the molecule is C=C1/C(=C\C=C2/CCCC3(C)C(CCCC(OC(=O)NC)C4(c5ncc(CCCC)o5)CC4)CCC23)C[C@@H](O)C[C@@H]1O. The summed E-state index contributed by atoms with van der Waals surface area (Å²) in [4.78, 5) is 17.0. The number of nitrogens with zero attached hydrogens (tertiary/aromatic N) is 1. The number of aliphatic hydroxyl groups is 2. The van der Waals surface area contributed by atoms with Crippen LogP contribution >= 0.6 is 0 Å². The number of fused-ring (bicyclic) bond motifs is 1. The van der Waals surface area contributed by atoms with E-state index in [2.05, 4.69) is 42.9 Å². The molecule has 4 aliphatic carbocycles. The van der Waals surface area contributed by atoms with Gasteiger partial charge in [0.1, 0.15) is 11.9 Å². The minimum Gasteiger partial charge on any atom is -0.445 e. The van der Waals surface area contributed by atoms with Gasteiger partial charge in [-0.1, -0.05) is 44.6 Å². The summed E-state index contributed by atoms with van der Waals surface area (Å²) in [6, 6.07) is 0. The van der Waals surface area contributed by atoms with Gasteiger partial charge in [0, 0.05) is 19.9 Å². The molecule has 6 atom stereocenters. The van der Waals surface area contributed by atoms with Gasteiger partial charge in [-0.2, -0.15) is 0 Å². The number of hydrogen-bond donors (Lipinski definition) is 3. The third-order valence-electron chi connectivity index (χ3n) is 11.1. The number of oxazole rings is 1. The summed E-state index contributed by atoms with van der Waals surface area (Å²) in [6.45, 7) is 8.76. The number of allylic oxidation sites excluding steroid dienone is 3. The molecule has 1 amide bonds. The highest BCUT2D eigenvalue weighted by molar-refractivity contribution is 5.67. The van der Waals surface area contributed by atoms with E-state index >= 15 is 0 Å². The smallest absolute Gasteiger partial charge is 0.407 e. The molecule has 42 heavy (non-hydrogen) atoms. The van der Waals surface area contributed by atoms with Crippen molar-refractivity contribution in [1.29, 1.82) is 0 Å². The van der Waals surface area contributed by atoms with Crippen molar-refractivity contribution in [2.24, 2.45) is 17.3 Å². The number of alkyl carbamates (subject to hydrolysis) is 1.